The first-order chi connectivity index (χ1) is 8.48. The Labute approximate surface area is 114 Å². The van der Waals surface area contributed by atoms with Crippen LogP contribution in [-0.2, 0) is 24.4 Å². The smallest absolute Gasteiger partial charge is 0.311 e. The molecule has 1 rings (SSSR count). The van der Waals surface area contributed by atoms with E-state index in [1.54, 1.807) is 18.4 Å². The molecular formula is C11H17O4PS2. The van der Waals surface area contributed by atoms with Crippen molar-refractivity contribution in [1.29, 1.82) is 0 Å². The Bertz CT molecular complexity index is 453. The molecule has 0 bridgehead atoms. The topological polar surface area (TPSA) is 52.6 Å². The van der Waals surface area contributed by atoms with Crippen LogP contribution in [0.4, 0.5) is 0 Å². The molecule has 1 aromatic rings. The van der Waals surface area contributed by atoms with Crippen LogP contribution in [0.2, 0.25) is 0 Å². The molecule has 102 valence electrons. The Kier molecular flexibility index (Phi) is 6.08. The lowest BCUT2D eigenvalue weighted by Crippen LogP contribution is -2.14. The lowest BCUT2D eigenvalue weighted by Gasteiger charge is -2.22. The summed E-state index contributed by atoms with van der Waals surface area (Å²) in [5.74, 6) is 0. The number of hydrogen-bond donors (Lipinski definition) is 0. The Morgan fingerprint density at radius 1 is 1.22 bits per heavy atom. The van der Waals surface area contributed by atoms with Crippen LogP contribution in [0.1, 0.15) is 5.56 Å². The SMILES string of the molecule is COP(=O)(OC)C(SC)S(=O)c1ccc(C)cc1. The maximum atomic E-state index is 12.4. The Morgan fingerprint density at radius 3 is 2.11 bits per heavy atom. The van der Waals surface area contributed by atoms with E-state index in [1.807, 2.05) is 19.1 Å². The molecule has 0 spiro atoms. The van der Waals surface area contributed by atoms with E-state index in [2.05, 4.69) is 0 Å². The maximum Gasteiger partial charge on any atom is 0.355 e. The number of hydrogen-bond acceptors (Lipinski definition) is 5. The minimum Gasteiger partial charge on any atom is -0.311 e. The van der Waals surface area contributed by atoms with Crippen LogP contribution < -0.4 is 0 Å². The Morgan fingerprint density at radius 2 is 1.72 bits per heavy atom. The molecule has 0 saturated carbocycles. The zero-order valence-electron chi connectivity index (χ0n) is 10.8. The van der Waals surface area contributed by atoms with Gasteiger partial charge in [0.05, 0.1) is 10.8 Å². The molecule has 0 aromatic heterocycles. The first-order valence-corrected chi connectivity index (χ1v) is 9.31. The molecule has 7 heteroatoms. The molecule has 0 fully saturated rings. The predicted octanol–water partition coefficient (Wildman–Crippen LogP) is 3.24. The number of thioether (sulfide) groups is 1. The van der Waals surface area contributed by atoms with E-state index in [0.29, 0.717) is 4.90 Å². The standard InChI is InChI=1S/C11H17O4PS2/c1-9-5-7-10(8-6-9)18(13)11(17-4)16(12,14-2)15-3/h5-8,11H,1-4H3. The van der Waals surface area contributed by atoms with Crippen molar-refractivity contribution in [2.45, 2.75) is 16.1 Å². The normalized spacial score (nSPS) is 15.3. The van der Waals surface area contributed by atoms with Gasteiger partial charge in [0.1, 0.15) is 0 Å². The molecule has 0 heterocycles. The lowest BCUT2D eigenvalue weighted by atomic mass is 10.2. The summed E-state index contributed by atoms with van der Waals surface area (Å²) >= 11 is 1.22. The largest absolute Gasteiger partial charge is 0.355 e. The van der Waals surface area contributed by atoms with Gasteiger partial charge in [0.2, 0.25) is 0 Å². The van der Waals surface area contributed by atoms with E-state index < -0.39 is 22.7 Å². The third-order valence-corrected chi connectivity index (χ3v) is 9.30. The fraction of sp³-hybridized carbons (Fsp3) is 0.455. The summed E-state index contributed by atoms with van der Waals surface area (Å²) in [5.41, 5.74) is 1.08. The number of aryl methyl sites for hydroxylation is 1. The molecule has 0 aliphatic rings. The quantitative estimate of drug-likeness (QED) is 0.755. The van der Waals surface area contributed by atoms with Crippen LogP contribution in [0.3, 0.4) is 0 Å². The summed E-state index contributed by atoms with van der Waals surface area (Å²) in [7, 11) is -2.20. The zero-order valence-corrected chi connectivity index (χ0v) is 13.3. The van der Waals surface area contributed by atoms with Crippen LogP contribution in [0.15, 0.2) is 29.2 Å². The van der Waals surface area contributed by atoms with Crippen molar-refractivity contribution in [3.63, 3.8) is 0 Å². The van der Waals surface area contributed by atoms with Crippen molar-refractivity contribution in [2.24, 2.45) is 0 Å². The average molecular weight is 308 g/mol. The van der Waals surface area contributed by atoms with Gasteiger partial charge in [-0.3, -0.25) is 8.77 Å². The molecule has 4 nitrogen and oxygen atoms in total. The number of rotatable bonds is 6. The molecule has 0 aliphatic carbocycles. The fourth-order valence-electron chi connectivity index (χ4n) is 1.37. The highest BCUT2D eigenvalue weighted by Gasteiger charge is 2.38. The highest BCUT2D eigenvalue weighted by Crippen LogP contribution is 2.57. The van der Waals surface area contributed by atoms with Crippen molar-refractivity contribution >= 4 is 30.2 Å². The van der Waals surface area contributed by atoms with Gasteiger partial charge < -0.3 is 9.05 Å². The van der Waals surface area contributed by atoms with Crippen molar-refractivity contribution in [3.05, 3.63) is 29.8 Å². The molecule has 2 atom stereocenters. The second kappa shape index (κ2) is 6.87. The van der Waals surface area contributed by atoms with E-state index in [-0.39, 0.29) is 0 Å². The van der Waals surface area contributed by atoms with Crippen molar-refractivity contribution in [2.75, 3.05) is 20.5 Å². The van der Waals surface area contributed by atoms with E-state index in [9.17, 15) is 8.77 Å². The van der Waals surface area contributed by atoms with Crippen LogP contribution >= 0.6 is 19.4 Å². The highest BCUT2D eigenvalue weighted by molar-refractivity contribution is 8.18. The van der Waals surface area contributed by atoms with Gasteiger partial charge in [0, 0.05) is 19.1 Å². The molecular weight excluding hydrogens is 291 g/mol. The third kappa shape index (κ3) is 3.45. The lowest BCUT2D eigenvalue weighted by molar-refractivity contribution is 0.278. The fourth-order valence-corrected chi connectivity index (χ4v) is 6.90. The van der Waals surface area contributed by atoms with E-state index >= 15 is 0 Å². The van der Waals surface area contributed by atoms with Gasteiger partial charge >= 0.3 is 7.60 Å². The summed E-state index contributed by atoms with van der Waals surface area (Å²) in [6.07, 6.45) is 1.74. The summed E-state index contributed by atoms with van der Waals surface area (Å²) in [6.45, 7) is 1.95. The first-order valence-electron chi connectivity index (χ1n) is 5.19. The molecule has 0 amide bonds. The second-order valence-corrected chi connectivity index (χ2v) is 9.36. The zero-order chi connectivity index (χ0) is 13.8. The van der Waals surface area contributed by atoms with Gasteiger partial charge in [0.15, 0.2) is 4.32 Å². The van der Waals surface area contributed by atoms with Crippen molar-refractivity contribution in [3.8, 4) is 0 Å². The summed E-state index contributed by atoms with van der Waals surface area (Å²) in [6, 6.07) is 7.28. The molecule has 0 N–H and O–H groups in total. The molecule has 18 heavy (non-hydrogen) atoms. The monoisotopic (exact) mass is 308 g/mol. The van der Waals surface area contributed by atoms with Gasteiger partial charge in [-0.2, -0.15) is 0 Å². The number of benzene rings is 1. The molecule has 2 unspecified atom stereocenters. The Balaban J connectivity index is 3.06. The van der Waals surface area contributed by atoms with Gasteiger partial charge in [-0.05, 0) is 25.3 Å². The van der Waals surface area contributed by atoms with Crippen LogP contribution in [0.25, 0.3) is 0 Å². The highest BCUT2D eigenvalue weighted by atomic mass is 32.2. The van der Waals surface area contributed by atoms with Crippen molar-refractivity contribution < 1.29 is 17.8 Å². The van der Waals surface area contributed by atoms with Gasteiger partial charge in [-0.15, -0.1) is 11.8 Å². The molecule has 1 aromatic carbocycles. The minimum absolute atomic E-state index is 0.620. The van der Waals surface area contributed by atoms with Crippen molar-refractivity contribution in [1.82, 2.24) is 0 Å². The Hall–Kier alpha value is -0.130. The molecule has 0 saturated heterocycles. The van der Waals surface area contributed by atoms with Crippen LogP contribution in [-0.4, -0.2) is 29.0 Å². The van der Waals surface area contributed by atoms with E-state index in [0.717, 1.165) is 5.56 Å². The second-order valence-electron chi connectivity index (χ2n) is 3.56. The van der Waals surface area contributed by atoms with Crippen LogP contribution in [0.5, 0.6) is 0 Å². The van der Waals surface area contributed by atoms with Gasteiger partial charge in [0.25, 0.3) is 0 Å². The summed E-state index contributed by atoms with van der Waals surface area (Å²) in [5, 5.41) is 0. The third-order valence-electron chi connectivity index (χ3n) is 2.41. The maximum absolute atomic E-state index is 12.4. The summed E-state index contributed by atoms with van der Waals surface area (Å²) in [4.78, 5) is 0.620. The van der Waals surface area contributed by atoms with Gasteiger partial charge in [-0.25, -0.2) is 0 Å². The molecule has 0 radical (unpaired) electrons. The van der Waals surface area contributed by atoms with E-state index in [4.69, 9.17) is 9.05 Å². The predicted molar refractivity (Wildman–Crippen MR) is 76.5 cm³/mol. The average Bonchev–Trinajstić information content (AvgIpc) is 2.39. The minimum atomic E-state index is -3.36. The van der Waals surface area contributed by atoms with E-state index in [1.165, 1.54) is 26.0 Å². The van der Waals surface area contributed by atoms with Crippen LogP contribution in [0, 0.1) is 6.92 Å². The van der Waals surface area contributed by atoms with Gasteiger partial charge in [-0.1, -0.05) is 17.7 Å². The summed E-state index contributed by atoms with van der Waals surface area (Å²) < 4.78 is 33.8. The first kappa shape index (κ1) is 15.9. The molecule has 0 aliphatic heterocycles.